The number of benzene rings is 1. The number of aliphatic carboxylic acids is 4. The lowest BCUT2D eigenvalue weighted by Crippen LogP contribution is -2.62. The molecule has 0 saturated carbocycles. The summed E-state index contributed by atoms with van der Waals surface area (Å²) < 4.78 is 0. The van der Waals surface area contributed by atoms with Crippen LogP contribution in [0.4, 0.5) is 0 Å². The molecule has 0 unspecified atom stereocenters. The number of primary amides is 1. The molecule has 23 N–H and O–H groups in total. The van der Waals surface area contributed by atoms with Crippen molar-refractivity contribution in [2.24, 2.45) is 29.2 Å². The summed E-state index contributed by atoms with van der Waals surface area (Å²) in [5, 5.41) is 81.3. The van der Waals surface area contributed by atoms with Crippen molar-refractivity contribution in [2.45, 2.75) is 236 Å². The number of hydrogen-bond acceptors (Lipinski definition) is 24. The van der Waals surface area contributed by atoms with Gasteiger partial charge in [0.05, 0.1) is 25.1 Å². The van der Waals surface area contributed by atoms with Crippen molar-refractivity contribution in [3.63, 3.8) is 0 Å². The monoisotopic (exact) mass is 1720 g/mol. The van der Waals surface area contributed by atoms with E-state index in [2.05, 4.69) is 86.7 Å². The van der Waals surface area contributed by atoms with Crippen LogP contribution in [0.25, 0.3) is 10.9 Å². The number of H-pyrrole nitrogens is 1. The van der Waals surface area contributed by atoms with E-state index in [1.807, 2.05) is 13.8 Å². The molecule has 1 aliphatic rings. The number of carboxylic acid groups (broad SMARTS) is 4. The number of carbonyl (C=O) groups is 19. The second kappa shape index (κ2) is 51.1. The second-order valence-corrected chi connectivity index (χ2v) is 32.0. The molecule has 1 saturated heterocycles. The fourth-order valence-electron chi connectivity index (χ4n) is 12.3. The van der Waals surface area contributed by atoms with Gasteiger partial charge in [-0.1, -0.05) is 59.7 Å². The van der Waals surface area contributed by atoms with Crippen LogP contribution in [0.2, 0.25) is 0 Å². The van der Waals surface area contributed by atoms with Gasteiger partial charge in [0.25, 0.3) is 0 Å². The van der Waals surface area contributed by atoms with Crippen molar-refractivity contribution in [3.8, 4) is 0 Å². The van der Waals surface area contributed by atoms with E-state index in [4.69, 9.17) is 11.5 Å². The molecule has 2 heterocycles. The standard InChI is InChI=1S/C74H115N17O24S3/c1-35(2)28-42(75)73(113)91-25-13-16-53(91)70(110)78-33-55(94)89-59(37(5)6)71(111)88-52(34-116)69(109)87-51(31-54(76)93)68(108)81-45(18-21-57(97)98)65(105)90-60(39(8)92)72(112)83-47(24-27-118-10)64(104)82-46(23-26-117-9)62(102)79-38(7)61(101)85-49(29-36(3)4)66(106)86-50(30-40-32-77-43-15-12-11-14-41(40)43)67(107)80-44(17-20-56(95)96)63(103)84-48(74(114)115)19-22-58(99)100/h11-12,14-15,32,35-39,42,44-53,59-60,77,92,116H,13,16-31,33-34,75H2,1-10H3,(H2,76,93)(H,78,110)(H,79,102)(H,80,107)(H,81,108)(H,82,104)(H,83,112)(H,84,103)(H,85,101)(H,86,106)(H,87,109)(H,88,111)(H,89,94)(H,90,105)(H,95,96)(H,97,98)(H,99,100)(H,114,115)/t38-,39+,42-,44-,45-,46-,47-,48-,49-,50-,51-,52-,53-,59-,60-/m0/s1. The molecule has 2 aromatic rings. The molecular formula is C74H115N17O24S3. The molecular weight excluding hydrogens is 1610 g/mol. The largest absolute Gasteiger partial charge is 0.481 e. The first-order valence-corrected chi connectivity index (χ1v) is 41.8. The zero-order chi connectivity index (χ0) is 89.0. The summed E-state index contributed by atoms with van der Waals surface area (Å²) >= 11 is 6.67. The molecule has 15 atom stereocenters. The summed E-state index contributed by atoms with van der Waals surface area (Å²) in [7, 11) is 0. The molecule has 3 rings (SSSR count). The molecule has 0 aliphatic carbocycles. The van der Waals surface area contributed by atoms with Crippen molar-refractivity contribution >= 4 is 160 Å². The number of carboxylic acids is 4. The summed E-state index contributed by atoms with van der Waals surface area (Å²) in [6.45, 7) is 12.3. The number of thiol groups is 1. The Balaban J connectivity index is 1.83. The van der Waals surface area contributed by atoms with Gasteiger partial charge in [-0.15, -0.1) is 0 Å². The predicted octanol–water partition coefficient (Wildman–Crippen LogP) is -3.90. The third-order valence-electron chi connectivity index (χ3n) is 18.6. The zero-order valence-electron chi connectivity index (χ0n) is 67.6. The third-order valence-corrected chi connectivity index (χ3v) is 20.3. The number of nitrogens with one attached hydrogen (secondary N) is 14. The minimum absolute atomic E-state index is 0.0841. The van der Waals surface area contributed by atoms with Crippen LogP contribution in [-0.4, -0.2) is 281 Å². The van der Waals surface area contributed by atoms with E-state index < -0.39 is 266 Å². The van der Waals surface area contributed by atoms with Crippen molar-refractivity contribution in [2.75, 3.05) is 42.9 Å². The normalized spacial score (nSPS) is 16.1. The van der Waals surface area contributed by atoms with Crippen LogP contribution in [0.3, 0.4) is 0 Å². The van der Waals surface area contributed by atoms with Gasteiger partial charge in [0.2, 0.25) is 88.6 Å². The zero-order valence-corrected chi connectivity index (χ0v) is 70.1. The van der Waals surface area contributed by atoms with E-state index in [9.17, 15) is 117 Å². The highest BCUT2D eigenvalue weighted by Crippen LogP contribution is 2.22. The van der Waals surface area contributed by atoms with Crippen LogP contribution in [0.5, 0.6) is 0 Å². The minimum Gasteiger partial charge on any atom is -0.481 e. The number of nitrogens with zero attached hydrogens (tertiary/aromatic N) is 1. The molecule has 41 nitrogen and oxygen atoms in total. The summed E-state index contributed by atoms with van der Waals surface area (Å²) in [6, 6.07) is -14.7. The quantitative estimate of drug-likeness (QED) is 0.0282. The maximum absolute atomic E-state index is 14.5. The van der Waals surface area contributed by atoms with Gasteiger partial charge in [-0.2, -0.15) is 36.2 Å². The van der Waals surface area contributed by atoms with Crippen LogP contribution in [0, 0.1) is 17.8 Å². The number of aromatic nitrogens is 1. The number of carbonyl (C=O) groups excluding carboxylic acids is 15. The Morgan fingerprint density at radius 2 is 0.949 bits per heavy atom. The van der Waals surface area contributed by atoms with Gasteiger partial charge in [0, 0.05) is 55.1 Å². The Bertz CT molecular complexity index is 3870. The molecule has 0 radical (unpaired) electrons. The first-order chi connectivity index (χ1) is 55.4. The van der Waals surface area contributed by atoms with E-state index >= 15 is 0 Å². The minimum atomic E-state index is -1.99. The lowest BCUT2D eigenvalue weighted by atomic mass is 10.00. The number of amides is 15. The van der Waals surface area contributed by atoms with E-state index in [0.717, 1.165) is 6.92 Å². The van der Waals surface area contributed by atoms with Crippen molar-refractivity contribution in [1.82, 2.24) is 79.0 Å². The second-order valence-electron chi connectivity index (χ2n) is 29.7. The average Bonchev–Trinajstić information content (AvgIpc) is 1.66. The summed E-state index contributed by atoms with van der Waals surface area (Å²) in [5.74, 6) is -21.9. The Morgan fingerprint density at radius 3 is 1.45 bits per heavy atom. The van der Waals surface area contributed by atoms with Gasteiger partial charge < -0.3 is 116 Å². The van der Waals surface area contributed by atoms with Crippen molar-refractivity contribution in [3.05, 3.63) is 36.0 Å². The summed E-state index contributed by atoms with van der Waals surface area (Å²) in [5.41, 5.74) is 12.7. The van der Waals surface area contributed by atoms with Gasteiger partial charge in [-0.25, -0.2) is 4.79 Å². The molecule has 0 spiro atoms. The van der Waals surface area contributed by atoms with Crippen LogP contribution >= 0.6 is 36.2 Å². The molecule has 44 heteroatoms. The highest BCUT2D eigenvalue weighted by molar-refractivity contribution is 7.98. The first kappa shape index (κ1) is 102. The number of aliphatic hydroxyl groups is 1. The number of fused-ring (bicyclic) bond motifs is 1. The molecule has 15 amide bonds. The van der Waals surface area contributed by atoms with Gasteiger partial charge in [-0.05, 0) is 125 Å². The molecule has 118 heavy (non-hydrogen) atoms. The number of para-hydroxylation sites is 1. The molecule has 1 aromatic heterocycles. The maximum atomic E-state index is 14.5. The third kappa shape index (κ3) is 35.1. The Hall–Kier alpha value is -10.3. The van der Waals surface area contributed by atoms with Gasteiger partial charge >= 0.3 is 23.9 Å². The number of aromatic amines is 1. The van der Waals surface area contributed by atoms with E-state index in [0.29, 0.717) is 35.7 Å². The van der Waals surface area contributed by atoms with Crippen LogP contribution in [-0.2, 0) is 97.5 Å². The molecule has 1 aliphatic heterocycles. The van der Waals surface area contributed by atoms with E-state index in [1.165, 1.54) is 35.3 Å². The van der Waals surface area contributed by atoms with Gasteiger partial charge in [0.15, 0.2) is 0 Å². The highest BCUT2D eigenvalue weighted by atomic mass is 32.2. The Morgan fingerprint density at radius 1 is 0.517 bits per heavy atom. The van der Waals surface area contributed by atoms with Gasteiger partial charge in [0.1, 0.15) is 78.5 Å². The number of nitrogens with two attached hydrogens (primary N) is 2. The van der Waals surface area contributed by atoms with Crippen LogP contribution < -0.4 is 80.6 Å². The average molecular weight is 1720 g/mol. The summed E-state index contributed by atoms with van der Waals surface area (Å²) in [4.78, 5) is 259. The lowest BCUT2D eigenvalue weighted by Gasteiger charge is -2.29. The number of aliphatic hydroxyl groups excluding tert-OH is 1. The first-order valence-electron chi connectivity index (χ1n) is 38.4. The molecule has 1 aromatic carbocycles. The number of likely N-dealkylation sites (tertiary alicyclic amines) is 1. The smallest absolute Gasteiger partial charge is 0.326 e. The maximum Gasteiger partial charge on any atom is 0.326 e. The highest BCUT2D eigenvalue weighted by Gasteiger charge is 2.41. The number of rotatable bonds is 54. The lowest BCUT2D eigenvalue weighted by molar-refractivity contribution is -0.144. The van der Waals surface area contributed by atoms with Crippen molar-refractivity contribution < 1.29 is 117 Å². The number of thioether (sulfide) groups is 2. The Labute approximate surface area is 695 Å². The SMILES string of the molecule is CSCC[C@H](NC(=O)[C@H](CCSC)NC(=O)[C@@H](NC(=O)[C@H](CCC(=O)O)NC(=O)[C@H](CC(N)=O)NC(=O)[C@H](CS)NC(=O)[C@@H](NC(=O)CNC(=O)[C@@H]1CCCN1C(=O)[C@@H](N)CC(C)C)C(C)C)[C@@H](C)O)C(=O)N[C@@H](C)C(=O)N[C@@H](CC(C)C)C(=O)N[C@@H](Cc1c[nH]c2ccccc12)C(=O)N[C@@H](CCC(=O)O)C(=O)N[C@@H](CCC(=O)O)C(=O)O. The van der Waals surface area contributed by atoms with Crippen LogP contribution in [0.1, 0.15) is 144 Å². The van der Waals surface area contributed by atoms with Gasteiger partial charge in [-0.3, -0.25) is 86.3 Å². The predicted molar refractivity (Wildman–Crippen MR) is 434 cm³/mol. The van der Waals surface area contributed by atoms with E-state index in [1.54, 1.807) is 70.7 Å². The topological polar surface area (TPSA) is 653 Å². The summed E-state index contributed by atoms with van der Waals surface area (Å²) in [6.07, 6.45) is -1.36. The number of hydrogen-bond donors (Lipinski definition) is 22. The molecule has 658 valence electrons. The Kier molecular flexibility index (Phi) is 44.1. The fourth-order valence-corrected chi connectivity index (χ4v) is 13.5. The molecule has 1 fully saturated rings. The fraction of sp³-hybridized carbons (Fsp3) is 0.635. The van der Waals surface area contributed by atoms with Crippen LogP contribution in [0.15, 0.2) is 30.5 Å². The molecule has 0 bridgehead atoms. The van der Waals surface area contributed by atoms with E-state index in [-0.39, 0.29) is 55.6 Å². The van der Waals surface area contributed by atoms with Crippen molar-refractivity contribution in [1.29, 1.82) is 0 Å².